The summed E-state index contributed by atoms with van der Waals surface area (Å²) in [5.74, 6) is 1.45. The van der Waals surface area contributed by atoms with E-state index in [4.69, 9.17) is 4.74 Å². The molecule has 5 rings (SSSR count). The number of fused-ring (bicyclic) bond motifs is 2. The van der Waals surface area contributed by atoms with E-state index in [0.717, 1.165) is 44.6 Å². The quantitative estimate of drug-likeness (QED) is 0.828. The molecule has 3 nitrogen and oxygen atoms in total. The summed E-state index contributed by atoms with van der Waals surface area (Å²) in [5, 5.41) is 0. The van der Waals surface area contributed by atoms with Gasteiger partial charge < -0.3 is 9.64 Å². The Kier molecular flexibility index (Phi) is 3.37. The Balaban J connectivity index is 1.42. The van der Waals surface area contributed by atoms with Crippen molar-refractivity contribution in [2.24, 2.45) is 5.92 Å². The molecule has 2 heterocycles. The first-order valence-electron chi connectivity index (χ1n) is 9.37. The number of carbonyl (C=O) groups is 1. The van der Waals surface area contributed by atoms with Crippen LogP contribution in [0.5, 0.6) is 5.75 Å². The number of hydrogen-bond acceptors (Lipinski definition) is 2. The molecule has 0 bridgehead atoms. The van der Waals surface area contributed by atoms with Crippen molar-refractivity contribution >= 4 is 5.91 Å². The molecule has 1 amide bonds. The average molecular weight is 333 g/mol. The monoisotopic (exact) mass is 333 g/mol. The Labute approximate surface area is 148 Å². The van der Waals surface area contributed by atoms with E-state index >= 15 is 0 Å². The molecule has 3 atom stereocenters. The van der Waals surface area contributed by atoms with Crippen LogP contribution < -0.4 is 4.74 Å². The van der Waals surface area contributed by atoms with Crippen molar-refractivity contribution in [3.8, 4) is 5.75 Å². The SMILES string of the molecule is O=C([C@@H]1C[C@]12CCOc1ccccc12)N1CCC[C@H]1c1ccccc1. The second-order valence-corrected chi connectivity index (χ2v) is 7.61. The lowest BCUT2D eigenvalue weighted by Crippen LogP contribution is -2.35. The highest BCUT2D eigenvalue weighted by Gasteiger charge is 2.62. The Morgan fingerprint density at radius 3 is 2.76 bits per heavy atom. The fourth-order valence-corrected chi connectivity index (χ4v) is 4.94. The van der Waals surface area contributed by atoms with Gasteiger partial charge in [0.1, 0.15) is 5.75 Å². The lowest BCUT2D eigenvalue weighted by atomic mass is 9.87. The molecule has 0 unspecified atom stereocenters. The predicted octanol–water partition coefficient (Wildman–Crippen LogP) is 4.09. The van der Waals surface area contributed by atoms with Crippen LogP contribution in [-0.4, -0.2) is 24.0 Å². The molecule has 1 saturated carbocycles. The van der Waals surface area contributed by atoms with Crippen LogP contribution in [0.2, 0.25) is 0 Å². The van der Waals surface area contributed by atoms with Crippen molar-refractivity contribution in [3.05, 3.63) is 65.7 Å². The van der Waals surface area contributed by atoms with Crippen LogP contribution in [0.15, 0.2) is 54.6 Å². The van der Waals surface area contributed by atoms with Crippen molar-refractivity contribution in [1.29, 1.82) is 0 Å². The topological polar surface area (TPSA) is 29.5 Å². The smallest absolute Gasteiger partial charge is 0.227 e. The van der Waals surface area contributed by atoms with Crippen LogP contribution in [0.1, 0.15) is 42.9 Å². The maximum atomic E-state index is 13.4. The highest BCUT2D eigenvalue weighted by atomic mass is 16.5. The summed E-state index contributed by atoms with van der Waals surface area (Å²) in [6, 6.07) is 19.0. The van der Waals surface area contributed by atoms with Crippen LogP contribution in [0, 0.1) is 5.92 Å². The largest absolute Gasteiger partial charge is 0.493 e. The van der Waals surface area contributed by atoms with Gasteiger partial charge in [0.15, 0.2) is 0 Å². The molecule has 0 radical (unpaired) electrons. The van der Waals surface area contributed by atoms with Gasteiger partial charge in [0.05, 0.1) is 12.6 Å². The maximum Gasteiger partial charge on any atom is 0.227 e. The van der Waals surface area contributed by atoms with Gasteiger partial charge in [0.2, 0.25) is 5.91 Å². The minimum atomic E-state index is 0.0236. The third-order valence-electron chi connectivity index (χ3n) is 6.32. The molecule has 2 fully saturated rings. The number of carbonyl (C=O) groups excluding carboxylic acids is 1. The van der Waals surface area contributed by atoms with E-state index in [-0.39, 0.29) is 17.4 Å². The van der Waals surface area contributed by atoms with Crippen molar-refractivity contribution in [2.75, 3.05) is 13.2 Å². The number of para-hydroxylation sites is 1. The van der Waals surface area contributed by atoms with Crippen LogP contribution in [-0.2, 0) is 10.2 Å². The van der Waals surface area contributed by atoms with Gasteiger partial charge in [-0.3, -0.25) is 4.79 Å². The first-order chi connectivity index (χ1) is 12.3. The molecule has 2 aromatic rings. The predicted molar refractivity (Wildman–Crippen MR) is 96.5 cm³/mol. The summed E-state index contributed by atoms with van der Waals surface area (Å²) >= 11 is 0. The summed E-state index contributed by atoms with van der Waals surface area (Å²) in [7, 11) is 0. The van der Waals surface area contributed by atoms with Gasteiger partial charge in [-0.2, -0.15) is 0 Å². The fraction of sp³-hybridized carbons (Fsp3) is 0.409. The number of amides is 1. The highest BCUT2D eigenvalue weighted by molar-refractivity contribution is 5.85. The third kappa shape index (κ3) is 2.29. The van der Waals surface area contributed by atoms with Crippen LogP contribution in [0.3, 0.4) is 0 Å². The van der Waals surface area contributed by atoms with Crippen molar-refractivity contribution in [1.82, 2.24) is 4.90 Å². The van der Waals surface area contributed by atoms with Gasteiger partial charge in [-0.05, 0) is 37.3 Å². The lowest BCUT2D eigenvalue weighted by molar-refractivity contribution is -0.134. The van der Waals surface area contributed by atoms with Crippen molar-refractivity contribution in [2.45, 2.75) is 37.1 Å². The Bertz CT molecular complexity index is 803. The molecular weight excluding hydrogens is 310 g/mol. The molecular formula is C22H23NO2. The lowest BCUT2D eigenvalue weighted by Gasteiger charge is -2.29. The minimum absolute atomic E-state index is 0.0236. The normalized spacial score (nSPS) is 30.0. The molecule has 0 aromatic heterocycles. The van der Waals surface area contributed by atoms with E-state index in [2.05, 4.69) is 41.3 Å². The van der Waals surface area contributed by atoms with E-state index < -0.39 is 0 Å². The molecule has 3 heteroatoms. The molecule has 2 aromatic carbocycles. The van der Waals surface area contributed by atoms with Gasteiger partial charge in [0.25, 0.3) is 0 Å². The average Bonchev–Trinajstić information content (AvgIpc) is 3.16. The first kappa shape index (κ1) is 15.0. The number of rotatable bonds is 2. The molecule has 25 heavy (non-hydrogen) atoms. The van der Waals surface area contributed by atoms with E-state index in [0.29, 0.717) is 5.91 Å². The Morgan fingerprint density at radius 2 is 1.88 bits per heavy atom. The molecule has 2 aliphatic heterocycles. The summed E-state index contributed by atoms with van der Waals surface area (Å²) in [6.07, 6.45) is 4.12. The summed E-state index contributed by atoms with van der Waals surface area (Å²) in [6.45, 7) is 1.62. The maximum absolute atomic E-state index is 13.4. The summed E-state index contributed by atoms with van der Waals surface area (Å²) in [5.41, 5.74) is 2.54. The number of likely N-dealkylation sites (tertiary alicyclic amines) is 1. The Morgan fingerprint density at radius 1 is 1.08 bits per heavy atom. The van der Waals surface area contributed by atoms with Crippen molar-refractivity contribution < 1.29 is 9.53 Å². The highest BCUT2D eigenvalue weighted by Crippen LogP contribution is 2.61. The van der Waals surface area contributed by atoms with E-state index in [1.165, 1.54) is 11.1 Å². The van der Waals surface area contributed by atoms with E-state index in [9.17, 15) is 4.79 Å². The van der Waals surface area contributed by atoms with Crippen LogP contribution in [0.25, 0.3) is 0 Å². The van der Waals surface area contributed by atoms with Gasteiger partial charge in [-0.25, -0.2) is 0 Å². The molecule has 128 valence electrons. The molecule has 1 saturated heterocycles. The van der Waals surface area contributed by atoms with Gasteiger partial charge >= 0.3 is 0 Å². The van der Waals surface area contributed by atoms with E-state index in [1.54, 1.807) is 0 Å². The number of hydrogen-bond donors (Lipinski definition) is 0. The van der Waals surface area contributed by atoms with Gasteiger partial charge in [0, 0.05) is 23.4 Å². The zero-order valence-corrected chi connectivity index (χ0v) is 14.4. The fourth-order valence-electron chi connectivity index (χ4n) is 4.94. The van der Waals surface area contributed by atoms with Gasteiger partial charge in [-0.1, -0.05) is 48.5 Å². The zero-order chi connectivity index (χ0) is 16.9. The van der Waals surface area contributed by atoms with E-state index in [1.807, 2.05) is 18.2 Å². The summed E-state index contributed by atoms with van der Waals surface area (Å²) in [4.78, 5) is 15.5. The zero-order valence-electron chi connectivity index (χ0n) is 14.4. The molecule has 3 aliphatic rings. The van der Waals surface area contributed by atoms with Crippen LogP contribution >= 0.6 is 0 Å². The van der Waals surface area contributed by atoms with Gasteiger partial charge in [-0.15, -0.1) is 0 Å². The second-order valence-electron chi connectivity index (χ2n) is 7.61. The standard InChI is InChI=1S/C22H23NO2/c24-21(23-13-6-10-19(23)16-7-2-1-3-8-16)18-15-22(18)12-14-25-20-11-5-4-9-17(20)22/h1-5,7-9,11,18-19H,6,10,12-15H2/t18-,19-,22-/m0/s1. The van der Waals surface area contributed by atoms with Crippen LogP contribution in [0.4, 0.5) is 0 Å². The number of benzene rings is 2. The molecule has 0 N–H and O–H groups in total. The summed E-state index contributed by atoms with van der Waals surface area (Å²) < 4.78 is 5.82. The third-order valence-corrected chi connectivity index (χ3v) is 6.32. The van der Waals surface area contributed by atoms with Crippen molar-refractivity contribution in [3.63, 3.8) is 0 Å². The first-order valence-corrected chi connectivity index (χ1v) is 9.37. The minimum Gasteiger partial charge on any atom is -0.493 e. The Hall–Kier alpha value is -2.29. The molecule has 1 spiro atoms. The number of ether oxygens (including phenoxy) is 1. The number of nitrogens with zero attached hydrogens (tertiary/aromatic N) is 1. The molecule has 1 aliphatic carbocycles. The second kappa shape index (κ2) is 5.62.